The van der Waals surface area contributed by atoms with Crippen molar-refractivity contribution in [2.75, 3.05) is 0 Å². The Hall–Kier alpha value is -2.11. The molecule has 0 unspecified atom stereocenters. The molecule has 10 nitrogen and oxygen atoms in total. The van der Waals surface area contributed by atoms with Crippen LogP contribution in [0.15, 0.2) is 15.3 Å². The molecule has 11 heavy (non-hydrogen) atoms. The fourth-order valence-corrected chi connectivity index (χ4v) is 0.240. The number of aliphatic hydroxyl groups is 1. The zero-order valence-corrected chi connectivity index (χ0v) is 4.97. The Bertz CT molecular complexity index is 226. The van der Waals surface area contributed by atoms with Gasteiger partial charge in [0, 0.05) is 14.7 Å². The van der Waals surface area contributed by atoms with Crippen LogP contribution in [0.3, 0.4) is 0 Å². The van der Waals surface area contributed by atoms with Gasteiger partial charge in [-0.2, -0.15) is 0 Å². The van der Waals surface area contributed by atoms with E-state index in [4.69, 9.17) is 21.7 Å². The summed E-state index contributed by atoms with van der Waals surface area (Å²) in [6.45, 7) is 0. The van der Waals surface area contributed by atoms with E-state index in [0.29, 0.717) is 0 Å². The lowest BCUT2D eigenvalue weighted by Crippen LogP contribution is -2.16. The number of nitrogens with zero attached hydrogens (tertiary/aromatic N) is 9. The Morgan fingerprint density at radius 3 is 1.36 bits per heavy atom. The van der Waals surface area contributed by atoms with Gasteiger partial charge in [-0.1, -0.05) is 0 Å². The van der Waals surface area contributed by atoms with Gasteiger partial charge in [-0.15, -0.1) is 0 Å². The predicted molar refractivity (Wildman–Crippen MR) is 32.4 cm³/mol. The molecule has 1 N–H and O–H groups in total. The van der Waals surface area contributed by atoms with E-state index in [2.05, 4.69) is 30.1 Å². The predicted octanol–water partition coefficient (Wildman–Crippen LogP) is 1.52. The summed E-state index contributed by atoms with van der Waals surface area (Å²) < 4.78 is 0. The maximum absolute atomic E-state index is 8.75. The molecule has 0 aromatic rings. The molecule has 0 aliphatic carbocycles. The molecule has 0 bridgehead atoms. The van der Waals surface area contributed by atoms with Gasteiger partial charge < -0.3 is 5.11 Å². The van der Waals surface area contributed by atoms with Crippen LogP contribution in [-0.2, 0) is 0 Å². The summed E-state index contributed by atoms with van der Waals surface area (Å²) in [5, 5.41) is 16.3. The second-order valence-electron chi connectivity index (χ2n) is 1.17. The van der Waals surface area contributed by atoms with E-state index in [-0.39, 0.29) is 0 Å². The summed E-state index contributed by atoms with van der Waals surface area (Å²) in [4.78, 5) is 6.27. The second kappa shape index (κ2) is 3.83. The van der Waals surface area contributed by atoms with Gasteiger partial charge in [0.2, 0.25) is 0 Å². The standard InChI is InChI=1S/CHN9O/c2-8-5-1(11,6-9-3)7-10-4/h11H. The smallest absolute Gasteiger partial charge is 0.302 e. The van der Waals surface area contributed by atoms with E-state index in [0.717, 1.165) is 0 Å². The monoisotopic (exact) mass is 155 g/mol. The fraction of sp³-hybridized carbons (Fsp3) is 1.00. The minimum atomic E-state index is -2.72. The molecule has 0 radical (unpaired) electrons. The Balaban J connectivity index is 4.94. The first-order valence-corrected chi connectivity index (χ1v) is 2.09. The first-order valence-electron chi connectivity index (χ1n) is 2.09. The van der Waals surface area contributed by atoms with E-state index < -0.39 is 5.97 Å². The third-order valence-electron chi connectivity index (χ3n) is 0.537. The van der Waals surface area contributed by atoms with Crippen LogP contribution in [-0.4, -0.2) is 11.1 Å². The number of rotatable bonds is 3. The average Bonchev–Trinajstić information content (AvgIpc) is 1.88. The molecule has 0 aliphatic heterocycles. The molecule has 0 spiro atoms. The van der Waals surface area contributed by atoms with Gasteiger partial charge in [0.05, 0.1) is 0 Å². The lowest BCUT2D eigenvalue weighted by molar-refractivity contribution is 0.0624. The van der Waals surface area contributed by atoms with E-state index in [1.165, 1.54) is 0 Å². The molecule has 0 aromatic carbocycles. The van der Waals surface area contributed by atoms with Crippen LogP contribution in [0, 0.1) is 0 Å². The minimum Gasteiger partial charge on any atom is -0.375 e. The van der Waals surface area contributed by atoms with Crippen LogP contribution in [0.25, 0.3) is 31.3 Å². The summed E-state index contributed by atoms with van der Waals surface area (Å²) in [6.07, 6.45) is 0. The van der Waals surface area contributed by atoms with Crippen LogP contribution in [0.1, 0.15) is 0 Å². The van der Waals surface area contributed by atoms with Crippen molar-refractivity contribution in [1.82, 2.24) is 0 Å². The van der Waals surface area contributed by atoms with Gasteiger partial charge in [-0.3, -0.25) is 0 Å². The molecule has 0 aliphatic rings. The molecule has 0 heterocycles. The summed E-state index contributed by atoms with van der Waals surface area (Å²) >= 11 is 0. The number of hydrogen-bond donors (Lipinski definition) is 1. The third-order valence-corrected chi connectivity index (χ3v) is 0.537. The van der Waals surface area contributed by atoms with Gasteiger partial charge in [0.1, 0.15) is 0 Å². The van der Waals surface area contributed by atoms with Crippen LogP contribution < -0.4 is 0 Å². The normalized spacial score (nSPS) is 12.8. The van der Waals surface area contributed by atoms with E-state index >= 15 is 0 Å². The number of azide groups is 1. The van der Waals surface area contributed by atoms with Crippen molar-refractivity contribution in [2.24, 2.45) is 15.3 Å². The van der Waals surface area contributed by atoms with Crippen molar-refractivity contribution in [3.05, 3.63) is 31.3 Å². The summed E-state index contributed by atoms with van der Waals surface area (Å²) in [7, 11) is 0. The highest BCUT2D eigenvalue weighted by molar-refractivity contribution is 4.70. The van der Waals surface area contributed by atoms with Crippen LogP contribution in [0.5, 0.6) is 0 Å². The molecule has 0 rings (SSSR count). The summed E-state index contributed by atoms with van der Waals surface area (Å²) in [5.74, 6) is -2.72. The van der Waals surface area contributed by atoms with Crippen molar-refractivity contribution in [1.29, 1.82) is 0 Å². The van der Waals surface area contributed by atoms with E-state index in [1.54, 1.807) is 0 Å². The Morgan fingerprint density at radius 2 is 1.18 bits per heavy atom. The zero-order chi connectivity index (χ0) is 8.74. The summed E-state index contributed by atoms with van der Waals surface area (Å²) in [5.41, 5.74) is 23.4. The quantitative estimate of drug-likeness (QED) is 0.364. The largest absolute Gasteiger partial charge is 0.375 e. The van der Waals surface area contributed by atoms with Gasteiger partial charge in [0.25, 0.3) is 0 Å². The van der Waals surface area contributed by atoms with Crippen LogP contribution in [0.2, 0.25) is 0 Å². The third kappa shape index (κ3) is 2.80. The highest BCUT2D eigenvalue weighted by Gasteiger charge is 2.20. The Kier molecular flexibility index (Phi) is 3.09. The Labute approximate surface area is 58.9 Å². The molecule has 56 valence electrons. The van der Waals surface area contributed by atoms with Gasteiger partial charge in [0.15, 0.2) is 0 Å². The van der Waals surface area contributed by atoms with Crippen molar-refractivity contribution >= 4 is 0 Å². The summed E-state index contributed by atoms with van der Waals surface area (Å²) in [6, 6.07) is 0. The molecular weight excluding hydrogens is 154 g/mol. The SMILES string of the molecule is [N-]=[N+]=NC(O)(N=[N+]=[N-])N=[N+]=[N-]. The molecule has 0 fully saturated rings. The second-order valence-corrected chi connectivity index (χ2v) is 1.17. The van der Waals surface area contributed by atoms with Gasteiger partial charge in [-0.25, -0.2) is 0 Å². The van der Waals surface area contributed by atoms with Crippen LogP contribution in [0.4, 0.5) is 0 Å². The zero-order valence-electron chi connectivity index (χ0n) is 4.97. The van der Waals surface area contributed by atoms with Crippen molar-refractivity contribution < 1.29 is 5.11 Å². The minimum absolute atomic E-state index is 2.09. The van der Waals surface area contributed by atoms with Crippen molar-refractivity contribution in [2.45, 2.75) is 5.97 Å². The van der Waals surface area contributed by atoms with Gasteiger partial charge in [-0.05, 0) is 31.9 Å². The van der Waals surface area contributed by atoms with E-state index in [9.17, 15) is 0 Å². The molecule has 0 saturated heterocycles. The molecular formula is CHN9O. The van der Waals surface area contributed by atoms with Crippen molar-refractivity contribution in [3.8, 4) is 0 Å². The highest BCUT2D eigenvalue weighted by Crippen LogP contribution is 2.10. The molecule has 0 amide bonds. The number of hydrogen-bond acceptors (Lipinski definition) is 4. The molecule has 0 aromatic heterocycles. The molecule has 0 atom stereocenters. The van der Waals surface area contributed by atoms with E-state index in [1.807, 2.05) is 0 Å². The Morgan fingerprint density at radius 1 is 0.909 bits per heavy atom. The van der Waals surface area contributed by atoms with Crippen molar-refractivity contribution in [3.63, 3.8) is 0 Å². The lowest BCUT2D eigenvalue weighted by atomic mass is 10.8. The first kappa shape index (κ1) is 8.89. The topological polar surface area (TPSA) is 167 Å². The maximum Gasteiger partial charge on any atom is 0.302 e. The molecule has 0 saturated carbocycles. The van der Waals surface area contributed by atoms with Crippen LogP contribution >= 0.6 is 0 Å². The lowest BCUT2D eigenvalue weighted by Gasteiger charge is -2.04. The van der Waals surface area contributed by atoms with Gasteiger partial charge >= 0.3 is 5.97 Å². The molecule has 10 heteroatoms. The fourth-order valence-electron chi connectivity index (χ4n) is 0.240. The average molecular weight is 155 g/mol. The maximum atomic E-state index is 8.75. The first-order chi connectivity index (χ1) is 5.18. The highest BCUT2D eigenvalue weighted by atomic mass is 16.3.